The van der Waals surface area contributed by atoms with Crippen molar-refractivity contribution in [2.45, 2.75) is 84.8 Å². The Morgan fingerprint density at radius 3 is 2.31 bits per heavy atom. The molecule has 2 aromatic heterocycles. The number of carbonyl (C=O) groups excluding carboxylic acids is 4. The Bertz CT molecular complexity index is 2550. The number of methoxy groups -OCH3 is 2. The van der Waals surface area contributed by atoms with Gasteiger partial charge in [-0.15, -0.1) is 0 Å². The van der Waals surface area contributed by atoms with Crippen LogP contribution < -0.4 is 15.4 Å². The molecule has 7 rings (SSSR count). The molecule has 4 aromatic carbocycles. The van der Waals surface area contributed by atoms with Crippen LogP contribution in [0.15, 0.2) is 79.0 Å². The molecule has 61 heavy (non-hydrogen) atoms. The van der Waals surface area contributed by atoms with E-state index in [-0.39, 0.29) is 43.5 Å². The maximum atomic E-state index is 14.4. The Labute approximate surface area is 354 Å². The maximum Gasteiger partial charge on any atom is 0.407 e. The minimum Gasteiger partial charge on any atom is -0.488 e. The standard InChI is InChI=1S/C46H52N8O7/c1-7-27(4)53(41(55)23-48-45(57)59-5)24-39-47-22-37(50-39)30-15-17-33-31(19-30)26-61-38-21-34-29(20-35(33)38)16-18-36-43(34)51-40(49-36)25-54(32(8-2)9-3)44(56)42(52-46(58)60-6)28-13-11-10-12-14-28/h10-22,27,32,42H,7-9,23-26H2,1-6H3,(H,47,50)(H,48,57)(H,49,51)(H,52,58)/t27-,42?/m0/s1. The Kier molecular flexibility index (Phi) is 12.9. The summed E-state index contributed by atoms with van der Waals surface area (Å²) in [6.07, 6.45) is 2.59. The van der Waals surface area contributed by atoms with Crippen LogP contribution in [0.3, 0.4) is 0 Å². The highest BCUT2D eigenvalue weighted by molar-refractivity contribution is 6.07. The fourth-order valence-corrected chi connectivity index (χ4v) is 7.92. The van der Waals surface area contributed by atoms with Crippen LogP contribution in [0.4, 0.5) is 9.59 Å². The van der Waals surface area contributed by atoms with Crippen molar-refractivity contribution < 1.29 is 33.4 Å². The van der Waals surface area contributed by atoms with E-state index in [9.17, 15) is 19.2 Å². The number of hydrogen-bond acceptors (Lipinski definition) is 9. The Balaban J connectivity index is 1.13. The zero-order chi connectivity index (χ0) is 43.2. The number of hydrogen-bond donors (Lipinski definition) is 4. The number of H-pyrrole nitrogens is 2. The van der Waals surface area contributed by atoms with Gasteiger partial charge >= 0.3 is 12.2 Å². The molecule has 1 aliphatic rings. The summed E-state index contributed by atoms with van der Waals surface area (Å²) in [5.41, 5.74) is 7.06. The van der Waals surface area contributed by atoms with E-state index in [1.165, 1.54) is 14.2 Å². The summed E-state index contributed by atoms with van der Waals surface area (Å²) in [4.78, 5) is 71.3. The monoisotopic (exact) mass is 828 g/mol. The van der Waals surface area contributed by atoms with Crippen molar-refractivity contribution in [3.05, 3.63) is 102 Å². The van der Waals surface area contributed by atoms with Crippen LogP contribution in [0.1, 0.15) is 75.8 Å². The predicted molar refractivity (Wildman–Crippen MR) is 231 cm³/mol. The number of imidazole rings is 2. The third kappa shape index (κ3) is 9.00. The molecule has 0 radical (unpaired) electrons. The molecule has 15 heteroatoms. The number of ether oxygens (including phenoxy) is 3. The predicted octanol–water partition coefficient (Wildman–Crippen LogP) is 7.76. The van der Waals surface area contributed by atoms with Gasteiger partial charge in [0.05, 0.1) is 50.2 Å². The van der Waals surface area contributed by atoms with E-state index in [4.69, 9.17) is 14.5 Å². The lowest BCUT2D eigenvalue weighted by Crippen LogP contribution is -2.47. The minimum absolute atomic E-state index is 0.0689. The summed E-state index contributed by atoms with van der Waals surface area (Å²) in [6.45, 7) is 8.72. The molecule has 15 nitrogen and oxygen atoms in total. The molecule has 0 aliphatic carbocycles. The van der Waals surface area contributed by atoms with Crippen molar-refractivity contribution in [3.8, 4) is 28.1 Å². The van der Waals surface area contributed by atoms with Gasteiger partial charge in [-0.2, -0.15) is 0 Å². The van der Waals surface area contributed by atoms with E-state index < -0.39 is 18.2 Å². The molecule has 1 unspecified atom stereocenters. The highest BCUT2D eigenvalue weighted by Gasteiger charge is 2.32. The lowest BCUT2D eigenvalue weighted by Gasteiger charge is -2.33. The lowest BCUT2D eigenvalue weighted by molar-refractivity contribution is -0.137. The molecule has 0 fully saturated rings. The first-order chi connectivity index (χ1) is 29.5. The Morgan fingerprint density at radius 1 is 0.836 bits per heavy atom. The van der Waals surface area contributed by atoms with Gasteiger partial charge in [-0.05, 0) is 78.1 Å². The molecule has 4 N–H and O–H groups in total. The van der Waals surface area contributed by atoms with Gasteiger partial charge in [0.2, 0.25) is 5.91 Å². The van der Waals surface area contributed by atoms with Gasteiger partial charge in [0.25, 0.3) is 5.91 Å². The van der Waals surface area contributed by atoms with Gasteiger partial charge < -0.3 is 44.6 Å². The molecule has 3 heterocycles. The van der Waals surface area contributed by atoms with Gasteiger partial charge in [0, 0.05) is 23.0 Å². The summed E-state index contributed by atoms with van der Waals surface area (Å²) in [5, 5.41) is 7.13. The number of fused-ring (bicyclic) bond motifs is 6. The molecule has 0 saturated carbocycles. The van der Waals surface area contributed by atoms with Crippen molar-refractivity contribution in [2.75, 3.05) is 20.8 Å². The number of aromatic amines is 2. The maximum absolute atomic E-state index is 14.4. The summed E-state index contributed by atoms with van der Waals surface area (Å²) in [6, 6.07) is 22.5. The SMILES string of the molecule is CCC(CC)N(Cc1nc2c(ccc3cc4c(cc32)OCc2cc(-c3cnc(CN(C(=O)CNC(=O)OC)[C@@H](C)CC)[nH]3)ccc2-4)[nH]1)C(=O)C(NC(=O)OC)c1ccccc1. The Morgan fingerprint density at radius 2 is 1.59 bits per heavy atom. The normalized spacial score (nSPS) is 12.8. The zero-order valence-electron chi connectivity index (χ0n) is 35.3. The van der Waals surface area contributed by atoms with Crippen molar-refractivity contribution >= 4 is 45.8 Å². The number of rotatable bonds is 15. The van der Waals surface area contributed by atoms with E-state index in [2.05, 4.69) is 54.6 Å². The van der Waals surface area contributed by atoms with Gasteiger partial charge in [0.1, 0.15) is 36.6 Å². The van der Waals surface area contributed by atoms with Gasteiger partial charge in [-0.3, -0.25) is 9.59 Å². The zero-order valence-corrected chi connectivity index (χ0v) is 35.3. The average molecular weight is 829 g/mol. The number of nitrogens with one attached hydrogen (secondary N) is 4. The highest BCUT2D eigenvalue weighted by Crippen LogP contribution is 2.42. The third-order valence-electron chi connectivity index (χ3n) is 11.5. The highest BCUT2D eigenvalue weighted by atomic mass is 16.5. The fraction of sp³-hybridized carbons (Fsp3) is 0.348. The molecule has 6 aromatic rings. The van der Waals surface area contributed by atoms with Crippen molar-refractivity contribution in [3.63, 3.8) is 0 Å². The van der Waals surface area contributed by atoms with Crippen molar-refractivity contribution in [1.29, 1.82) is 0 Å². The summed E-state index contributed by atoms with van der Waals surface area (Å²) in [5.74, 6) is 1.52. The van der Waals surface area contributed by atoms with E-state index >= 15 is 0 Å². The second-order valence-corrected chi connectivity index (χ2v) is 15.2. The molecular formula is C46H52N8O7. The van der Waals surface area contributed by atoms with Crippen LogP contribution in [0, 0.1) is 0 Å². The minimum atomic E-state index is -0.939. The van der Waals surface area contributed by atoms with Crippen LogP contribution in [-0.2, 0) is 38.8 Å². The lowest BCUT2D eigenvalue weighted by atomic mass is 9.92. The summed E-state index contributed by atoms with van der Waals surface area (Å²) < 4.78 is 15.9. The van der Waals surface area contributed by atoms with Crippen molar-refractivity contribution in [1.82, 2.24) is 40.4 Å². The number of alkyl carbamates (subject to hydrolysis) is 2. The van der Waals surface area contributed by atoms with Gasteiger partial charge in [0.15, 0.2) is 0 Å². The molecule has 0 spiro atoms. The van der Waals surface area contributed by atoms with Crippen LogP contribution in [0.25, 0.3) is 44.2 Å². The van der Waals surface area contributed by atoms with Crippen molar-refractivity contribution in [2.24, 2.45) is 0 Å². The van der Waals surface area contributed by atoms with E-state index in [0.717, 1.165) is 74.8 Å². The van der Waals surface area contributed by atoms with Crippen LogP contribution in [0.5, 0.6) is 5.75 Å². The Hall–Kier alpha value is -6.90. The number of amides is 4. The molecule has 318 valence electrons. The molecule has 1 aliphatic heterocycles. The first kappa shape index (κ1) is 42.2. The number of carbonyl (C=O) groups is 4. The average Bonchev–Trinajstić information content (AvgIpc) is 3.95. The van der Waals surface area contributed by atoms with Crippen LogP contribution in [0.2, 0.25) is 0 Å². The molecular weight excluding hydrogens is 777 g/mol. The second kappa shape index (κ2) is 18.6. The van der Waals surface area contributed by atoms with Crippen LogP contribution in [-0.4, -0.2) is 86.6 Å². The number of aromatic nitrogens is 4. The van der Waals surface area contributed by atoms with Crippen LogP contribution >= 0.6 is 0 Å². The number of benzene rings is 4. The summed E-state index contributed by atoms with van der Waals surface area (Å²) in [7, 11) is 2.54. The smallest absolute Gasteiger partial charge is 0.407 e. The fourth-order valence-electron chi connectivity index (χ4n) is 7.92. The van der Waals surface area contributed by atoms with Gasteiger partial charge in [-0.25, -0.2) is 19.6 Å². The first-order valence-electron chi connectivity index (χ1n) is 20.6. The van der Waals surface area contributed by atoms with E-state index in [0.29, 0.717) is 23.8 Å². The molecule has 0 saturated heterocycles. The van der Waals surface area contributed by atoms with Gasteiger partial charge in [-0.1, -0.05) is 69.3 Å². The second-order valence-electron chi connectivity index (χ2n) is 15.2. The molecule has 2 atom stereocenters. The summed E-state index contributed by atoms with van der Waals surface area (Å²) >= 11 is 0. The number of nitrogens with zero attached hydrogens (tertiary/aromatic N) is 4. The van der Waals surface area contributed by atoms with E-state index in [1.807, 2.05) is 76.2 Å². The van der Waals surface area contributed by atoms with E-state index in [1.54, 1.807) is 16.0 Å². The molecule has 0 bridgehead atoms. The third-order valence-corrected chi connectivity index (χ3v) is 11.5. The molecule has 4 amide bonds. The largest absolute Gasteiger partial charge is 0.488 e. The first-order valence-corrected chi connectivity index (χ1v) is 20.6. The topological polar surface area (TPSA) is 184 Å². The quantitative estimate of drug-likeness (QED) is 0.0804.